The second-order valence-electron chi connectivity index (χ2n) is 5.35. The van der Waals surface area contributed by atoms with E-state index in [1.54, 1.807) is 25.3 Å². The third-order valence-electron chi connectivity index (χ3n) is 3.63. The number of anilines is 3. The number of rotatable bonds is 4. The van der Waals surface area contributed by atoms with Gasteiger partial charge < -0.3 is 14.7 Å². The first kappa shape index (κ1) is 14.8. The zero-order valence-electron chi connectivity index (χ0n) is 12.4. The molecule has 2 aromatic rings. The fourth-order valence-electron chi connectivity index (χ4n) is 2.41. The van der Waals surface area contributed by atoms with Crippen LogP contribution >= 0.6 is 0 Å². The van der Waals surface area contributed by atoms with Gasteiger partial charge in [-0.3, -0.25) is 0 Å². The van der Waals surface area contributed by atoms with Gasteiger partial charge in [0.1, 0.15) is 11.6 Å². The van der Waals surface area contributed by atoms with Crippen LogP contribution in [-0.2, 0) is 9.84 Å². The summed E-state index contributed by atoms with van der Waals surface area (Å²) in [7, 11) is -1.08. The summed E-state index contributed by atoms with van der Waals surface area (Å²) < 4.78 is 28.2. The predicted octanol–water partition coefficient (Wildman–Crippen LogP) is 1.14. The van der Waals surface area contributed by atoms with Crippen LogP contribution in [0, 0.1) is 6.92 Å². The zero-order chi connectivity index (χ0) is 15.7. The molecule has 1 fully saturated rings. The fourth-order valence-corrected chi connectivity index (χ4v) is 4.19. The molecule has 118 valence electrons. The number of aromatic nitrogens is 3. The van der Waals surface area contributed by atoms with E-state index in [9.17, 15) is 8.42 Å². The smallest absolute Gasteiger partial charge is 0.230 e. The largest absolute Gasteiger partial charge is 0.360 e. The molecule has 3 rings (SSSR count). The Morgan fingerprint density at radius 1 is 1.45 bits per heavy atom. The van der Waals surface area contributed by atoms with Gasteiger partial charge in [0.2, 0.25) is 5.95 Å². The van der Waals surface area contributed by atoms with Gasteiger partial charge in [0, 0.05) is 25.4 Å². The molecule has 1 atom stereocenters. The number of hydrogen-bond donors (Lipinski definition) is 1. The maximum Gasteiger partial charge on any atom is 0.230 e. The normalized spacial score (nSPS) is 20.0. The van der Waals surface area contributed by atoms with Gasteiger partial charge in [-0.25, -0.2) is 13.4 Å². The Morgan fingerprint density at radius 2 is 2.27 bits per heavy atom. The van der Waals surface area contributed by atoms with Crippen molar-refractivity contribution in [3.8, 4) is 0 Å². The molecule has 0 radical (unpaired) electrons. The first-order valence-corrected chi connectivity index (χ1v) is 8.72. The van der Waals surface area contributed by atoms with Crippen molar-refractivity contribution in [1.82, 2.24) is 15.1 Å². The number of nitrogens with zero attached hydrogens (tertiary/aromatic N) is 4. The van der Waals surface area contributed by atoms with Gasteiger partial charge in [-0.05, 0) is 19.4 Å². The van der Waals surface area contributed by atoms with Crippen LogP contribution in [0.25, 0.3) is 0 Å². The van der Waals surface area contributed by atoms with Crippen molar-refractivity contribution >= 4 is 27.4 Å². The summed E-state index contributed by atoms with van der Waals surface area (Å²) >= 11 is 0. The van der Waals surface area contributed by atoms with E-state index < -0.39 is 9.84 Å². The lowest BCUT2D eigenvalue weighted by atomic mass is 10.2. The number of aryl methyl sites for hydroxylation is 1. The van der Waals surface area contributed by atoms with Crippen molar-refractivity contribution in [1.29, 1.82) is 0 Å². The first-order chi connectivity index (χ1) is 10.4. The van der Waals surface area contributed by atoms with Crippen molar-refractivity contribution < 1.29 is 12.9 Å². The van der Waals surface area contributed by atoms with E-state index >= 15 is 0 Å². The molecule has 9 heteroatoms. The third kappa shape index (κ3) is 3.19. The van der Waals surface area contributed by atoms with Crippen molar-refractivity contribution in [2.45, 2.75) is 19.4 Å². The molecule has 0 amide bonds. The van der Waals surface area contributed by atoms with Crippen LogP contribution in [-0.4, -0.2) is 48.1 Å². The maximum atomic E-state index is 11.6. The zero-order valence-corrected chi connectivity index (χ0v) is 13.2. The number of sulfone groups is 1. The van der Waals surface area contributed by atoms with Crippen LogP contribution in [0.3, 0.4) is 0 Å². The van der Waals surface area contributed by atoms with Crippen molar-refractivity contribution in [3.63, 3.8) is 0 Å². The Morgan fingerprint density at radius 3 is 2.91 bits per heavy atom. The molecule has 0 bridgehead atoms. The van der Waals surface area contributed by atoms with Crippen LogP contribution < -0.4 is 10.2 Å². The van der Waals surface area contributed by atoms with E-state index in [4.69, 9.17) is 4.52 Å². The molecule has 1 N–H and O–H groups in total. The van der Waals surface area contributed by atoms with Crippen LogP contribution in [0.1, 0.15) is 12.2 Å². The first-order valence-electron chi connectivity index (χ1n) is 6.89. The summed E-state index contributed by atoms with van der Waals surface area (Å²) in [5, 5.41) is 6.78. The molecular weight excluding hydrogens is 306 g/mol. The van der Waals surface area contributed by atoms with Gasteiger partial charge in [-0.15, -0.1) is 0 Å². The molecule has 0 aromatic carbocycles. The van der Waals surface area contributed by atoms with Gasteiger partial charge in [0.15, 0.2) is 15.7 Å². The highest BCUT2D eigenvalue weighted by atomic mass is 32.2. The summed E-state index contributed by atoms with van der Waals surface area (Å²) in [6.45, 7) is 1.80. The van der Waals surface area contributed by atoms with Gasteiger partial charge >= 0.3 is 0 Å². The SMILES string of the molecule is Cc1cc(Nc2nccc(N(C)C3CCS(=O)(=O)C3)n2)no1. The van der Waals surface area contributed by atoms with Crippen molar-refractivity contribution in [2.75, 3.05) is 28.8 Å². The average Bonchev–Trinajstić information content (AvgIpc) is 3.04. The third-order valence-corrected chi connectivity index (χ3v) is 5.38. The minimum Gasteiger partial charge on any atom is -0.360 e. The van der Waals surface area contributed by atoms with Crippen LogP contribution in [0.4, 0.5) is 17.6 Å². The lowest BCUT2D eigenvalue weighted by molar-refractivity contribution is 0.400. The molecule has 3 heterocycles. The number of hydrogen-bond acceptors (Lipinski definition) is 8. The van der Waals surface area contributed by atoms with Gasteiger partial charge in [-0.1, -0.05) is 5.16 Å². The molecule has 1 unspecified atom stereocenters. The van der Waals surface area contributed by atoms with Crippen LogP contribution in [0.2, 0.25) is 0 Å². The quantitative estimate of drug-likeness (QED) is 0.894. The number of nitrogens with one attached hydrogen (secondary N) is 1. The van der Waals surface area contributed by atoms with E-state index in [-0.39, 0.29) is 17.5 Å². The van der Waals surface area contributed by atoms with Crippen molar-refractivity contribution in [3.05, 3.63) is 24.1 Å². The molecule has 1 saturated heterocycles. The molecule has 2 aromatic heterocycles. The van der Waals surface area contributed by atoms with E-state index in [1.807, 2.05) is 11.9 Å². The molecule has 0 aliphatic carbocycles. The molecule has 0 saturated carbocycles. The lowest BCUT2D eigenvalue weighted by Gasteiger charge is -2.24. The Kier molecular flexibility index (Phi) is 3.73. The summed E-state index contributed by atoms with van der Waals surface area (Å²) in [4.78, 5) is 10.4. The predicted molar refractivity (Wildman–Crippen MR) is 82.0 cm³/mol. The van der Waals surface area contributed by atoms with E-state index in [0.29, 0.717) is 29.8 Å². The van der Waals surface area contributed by atoms with E-state index in [1.165, 1.54) is 0 Å². The Bertz CT molecular complexity index is 773. The molecule has 8 nitrogen and oxygen atoms in total. The minimum atomic E-state index is -2.93. The fraction of sp³-hybridized carbons (Fsp3) is 0.462. The molecule has 22 heavy (non-hydrogen) atoms. The summed E-state index contributed by atoms with van der Waals surface area (Å²) in [6, 6.07) is 3.44. The van der Waals surface area contributed by atoms with Crippen LogP contribution in [0.5, 0.6) is 0 Å². The van der Waals surface area contributed by atoms with E-state index in [2.05, 4.69) is 20.4 Å². The van der Waals surface area contributed by atoms with Gasteiger partial charge in [-0.2, -0.15) is 4.98 Å². The van der Waals surface area contributed by atoms with Gasteiger partial charge in [0.05, 0.1) is 11.5 Å². The maximum absolute atomic E-state index is 11.6. The van der Waals surface area contributed by atoms with E-state index in [0.717, 1.165) is 0 Å². The highest BCUT2D eigenvalue weighted by Crippen LogP contribution is 2.22. The average molecular weight is 323 g/mol. The Labute approximate surface area is 128 Å². The van der Waals surface area contributed by atoms with Gasteiger partial charge in [0.25, 0.3) is 0 Å². The lowest BCUT2D eigenvalue weighted by Crippen LogP contribution is -2.33. The Balaban J connectivity index is 1.76. The van der Waals surface area contributed by atoms with Crippen molar-refractivity contribution in [2.24, 2.45) is 0 Å². The highest BCUT2D eigenvalue weighted by Gasteiger charge is 2.31. The summed E-state index contributed by atoms with van der Waals surface area (Å²) in [5.41, 5.74) is 0. The molecular formula is C13H17N5O3S. The monoisotopic (exact) mass is 323 g/mol. The summed E-state index contributed by atoms with van der Waals surface area (Å²) in [6.07, 6.45) is 2.24. The second-order valence-corrected chi connectivity index (χ2v) is 7.58. The molecule has 1 aliphatic rings. The standard InChI is InChI=1S/C13H17N5O3S/c1-9-7-11(17-21-9)15-13-14-5-3-12(16-13)18(2)10-4-6-22(19,20)8-10/h3,5,7,10H,4,6,8H2,1-2H3,(H,14,15,16,17). The molecule has 1 aliphatic heterocycles. The molecule has 0 spiro atoms. The second kappa shape index (κ2) is 5.56. The minimum absolute atomic E-state index is 0.0537. The van der Waals surface area contributed by atoms with Crippen LogP contribution in [0.15, 0.2) is 22.9 Å². The Hall–Kier alpha value is -2.16. The highest BCUT2D eigenvalue weighted by molar-refractivity contribution is 7.91. The summed E-state index contributed by atoms with van der Waals surface area (Å²) in [5.74, 6) is 2.67. The topological polar surface area (TPSA) is 101 Å².